The topological polar surface area (TPSA) is 128 Å². The quantitative estimate of drug-likeness (QED) is 0.249. The Kier molecular flexibility index (Phi) is 16.3. The van der Waals surface area contributed by atoms with Crippen molar-refractivity contribution >= 4 is 29.5 Å². The molecule has 0 bridgehead atoms. The number of carbonyl (C=O) groups excluding carboxylic acids is 5. The number of amides is 2. The third-order valence-corrected chi connectivity index (χ3v) is 5.87. The molecule has 0 heterocycles. The van der Waals surface area contributed by atoms with Gasteiger partial charge in [-0.15, -0.1) is 0 Å². The SMILES string of the molecule is C=CCOC(=O)CNC(=O)C(=O)C(CCC)NC(=O)C(C)CC1CCCCC1C.COC(C)=O. The lowest BCUT2D eigenvalue weighted by atomic mass is 9.76. The fraction of sp³-hybridized carbons (Fsp3) is 0.720. The highest BCUT2D eigenvalue weighted by atomic mass is 16.5. The highest BCUT2D eigenvalue weighted by Crippen LogP contribution is 2.34. The molecule has 0 spiro atoms. The second-order valence-electron chi connectivity index (χ2n) is 8.72. The van der Waals surface area contributed by atoms with Gasteiger partial charge in [0.25, 0.3) is 5.91 Å². The van der Waals surface area contributed by atoms with Crippen molar-refractivity contribution in [2.75, 3.05) is 20.3 Å². The van der Waals surface area contributed by atoms with E-state index in [9.17, 15) is 24.0 Å². The maximum atomic E-state index is 12.6. The van der Waals surface area contributed by atoms with Gasteiger partial charge in [0.15, 0.2) is 0 Å². The molecule has 1 fully saturated rings. The summed E-state index contributed by atoms with van der Waals surface area (Å²) in [6.07, 6.45) is 8.00. The Labute approximate surface area is 203 Å². The van der Waals surface area contributed by atoms with Crippen molar-refractivity contribution in [1.29, 1.82) is 0 Å². The van der Waals surface area contributed by atoms with Crippen LogP contribution in [-0.2, 0) is 33.4 Å². The minimum atomic E-state index is -0.896. The lowest BCUT2D eigenvalue weighted by Gasteiger charge is -2.30. The molecule has 2 N–H and O–H groups in total. The van der Waals surface area contributed by atoms with Crippen LogP contribution in [0.1, 0.15) is 72.6 Å². The van der Waals surface area contributed by atoms with Crippen molar-refractivity contribution in [2.45, 2.75) is 78.7 Å². The Morgan fingerprint density at radius 1 is 1.15 bits per heavy atom. The maximum Gasteiger partial charge on any atom is 0.325 e. The van der Waals surface area contributed by atoms with Gasteiger partial charge in [0, 0.05) is 12.8 Å². The van der Waals surface area contributed by atoms with Gasteiger partial charge >= 0.3 is 11.9 Å². The van der Waals surface area contributed by atoms with Crippen LogP contribution < -0.4 is 10.6 Å². The summed E-state index contributed by atoms with van der Waals surface area (Å²) in [6.45, 7) is 10.4. The van der Waals surface area contributed by atoms with Gasteiger partial charge in [-0.1, -0.05) is 65.5 Å². The monoisotopic (exact) mass is 482 g/mol. The maximum absolute atomic E-state index is 12.6. The molecule has 0 aromatic carbocycles. The molecule has 1 aliphatic rings. The number of ketones is 1. The highest BCUT2D eigenvalue weighted by Gasteiger charge is 2.30. The molecule has 9 heteroatoms. The highest BCUT2D eigenvalue weighted by molar-refractivity contribution is 6.38. The molecule has 0 saturated heterocycles. The zero-order valence-corrected chi connectivity index (χ0v) is 21.3. The average molecular weight is 483 g/mol. The van der Waals surface area contributed by atoms with Crippen LogP contribution in [0.5, 0.6) is 0 Å². The Hall–Kier alpha value is -2.71. The van der Waals surface area contributed by atoms with Crippen molar-refractivity contribution in [3.63, 3.8) is 0 Å². The van der Waals surface area contributed by atoms with Crippen LogP contribution in [0.25, 0.3) is 0 Å². The molecule has 2 amide bonds. The second kappa shape index (κ2) is 17.7. The van der Waals surface area contributed by atoms with E-state index in [1.165, 1.54) is 39.4 Å². The Morgan fingerprint density at radius 2 is 1.76 bits per heavy atom. The summed E-state index contributed by atoms with van der Waals surface area (Å²) >= 11 is 0. The molecule has 1 aliphatic carbocycles. The number of hydrogen-bond donors (Lipinski definition) is 2. The Bertz CT molecular complexity index is 693. The first-order valence-electron chi connectivity index (χ1n) is 12.0. The molecule has 0 radical (unpaired) electrons. The smallest absolute Gasteiger partial charge is 0.325 e. The molecule has 1 saturated carbocycles. The number of carbonyl (C=O) groups is 5. The first kappa shape index (κ1) is 31.3. The minimum absolute atomic E-state index is 0.0364. The van der Waals surface area contributed by atoms with Gasteiger partial charge in [-0.2, -0.15) is 0 Å². The Morgan fingerprint density at radius 3 is 2.29 bits per heavy atom. The van der Waals surface area contributed by atoms with Crippen molar-refractivity contribution in [1.82, 2.24) is 10.6 Å². The first-order valence-corrected chi connectivity index (χ1v) is 12.0. The number of Topliss-reactive ketones (excluding diaryl/α,β-unsaturated/α-hetero) is 1. The molecule has 4 unspecified atom stereocenters. The molecule has 0 aromatic heterocycles. The molecule has 34 heavy (non-hydrogen) atoms. The van der Waals surface area contributed by atoms with Gasteiger partial charge in [0.2, 0.25) is 11.7 Å². The van der Waals surface area contributed by atoms with Gasteiger partial charge in [0.05, 0.1) is 13.2 Å². The van der Waals surface area contributed by atoms with Gasteiger partial charge in [0.1, 0.15) is 13.2 Å². The number of rotatable bonds is 12. The largest absolute Gasteiger partial charge is 0.469 e. The number of esters is 2. The van der Waals surface area contributed by atoms with E-state index in [2.05, 4.69) is 28.9 Å². The standard InChI is InChI=1S/C22H36N2O5.C3H6O2/c1-5-9-18(20(26)22(28)23-14-19(25)29-12-6-2)24-21(27)16(4)13-17-11-8-7-10-15(17)3;1-3(4)5-2/h6,15-18H,2,5,7-14H2,1,3-4H3,(H,23,28)(H,24,27);1-2H3. The molecule has 0 aromatic rings. The summed E-state index contributed by atoms with van der Waals surface area (Å²) in [7, 11) is 1.35. The van der Waals surface area contributed by atoms with Crippen molar-refractivity contribution in [2.24, 2.45) is 17.8 Å². The van der Waals surface area contributed by atoms with Crippen LogP contribution in [0, 0.1) is 17.8 Å². The van der Waals surface area contributed by atoms with Crippen LogP contribution >= 0.6 is 0 Å². The third-order valence-electron chi connectivity index (χ3n) is 5.87. The van der Waals surface area contributed by atoms with E-state index in [0.29, 0.717) is 24.7 Å². The predicted molar refractivity (Wildman–Crippen MR) is 129 cm³/mol. The van der Waals surface area contributed by atoms with Gasteiger partial charge in [-0.05, 0) is 24.7 Å². The fourth-order valence-electron chi connectivity index (χ4n) is 3.78. The van der Waals surface area contributed by atoms with E-state index in [1.54, 1.807) is 0 Å². The van der Waals surface area contributed by atoms with E-state index in [-0.39, 0.29) is 24.4 Å². The summed E-state index contributed by atoms with van der Waals surface area (Å²) in [4.78, 5) is 58.2. The van der Waals surface area contributed by atoms with Crippen molar-refractivity contribution in [3.05, 3.63) is 12.7 Å². The summed E-state index contributed by atoms with van der Waals surface area (Å²) in [5, 5.41) is 5.00. The molecule has 4 atom stereocenters. The predicted octanol–water partition coefficient (Wildman–Crippen LogP) is 2.72. The molecule has 9 nitrogen and oxygen atoms in total. The van der Waals surface area contributed by atoms with Crippen LogP contribution in [0.3, 0.4) is 0 Å². The van der Waals surface area contributed by atoms with Gasteiger partial charge in [-0.25, -0.2) is 0 Å². The molecule has 1 rings (SSSR count). The fourth-order valence-corrected chi connectivity index (χ4v) is 3.78. The normalized spacial score (nSPS) is 18.7. The molecular formula is C25H42N2O7. The summed E-state index contributed by atoms with van der Waals surface area (Å²) < 4.78 is 8.86. The second-order valence-corrected chi connectivity index (χ2v) is 8.72. The Balaban J connectivity index is 0.00000196. The summed E-state index contributed by atoms with van der Waals surface area (Å²) in [6, 6.07) is -0.886. The van der Waals surface area contributed by atoms with Crippen LogP contribution in [-0.4, -0.2) is 55.8 Å². The molecule has 194 valence electrons. The van der Waals surface area contributed by atoms with E-state index in [1.807, 2.05) is 13.8 Å². The van der Waals surface area contributed by atoms with Gasteiger partial charge < -0.3 is 20.1 Å². The van der Waals surface area contributed by atoms with E-state index in [0.717, 1.165) is 12.8 Å². The first-order chi connectivity index (χ1) is 16.1. The van der Waals surface area contributed by atoms with Crippen LogP contribution in [0.4, 0.5) is 0 Å². The third kappa shape index (κ3) is 13.1. The lowest BCUT2D eigenvalue weighted by molar-refractivity contribution is -0.145. The van der Waals surface area contributed by atoms with E-state index < -0.39 is 30.2 Å². The van der Waals surface area contributed by atoms with Crippen molar-refractivity contribution in [3.8, 4) is 0 Å². The zero-order chi connectivity index (χ0) is 26.1. The number of nitrogens with one attached hydrogen (secondary N) is 2. The van der Waals surface area contributed by atoms with E-state index in [4.69, 9.17) is 4.74 Å². The van der Waals surface area contributed by atoms with Crippen LogP contribution in [0.15, 0.2) is 12.7 Å². The summed E-state index contributed by atoms with van der Waals surface area (Å²) in [5.74, 6) is -1.82. The zero-order valence-electron chi connectivity index (χ0n) is 21.3. The summed E-state index contributed by atoms with van der Waals surface area (Å²) in [5.41, 5.74) is 0. The average Bonchev–Trinajstić information content (AvgIpc) is 2.81. The number of hydrogen-bond acceptors (Lipinski definition) is 7. The van der Waals surface area contributed by atoms with Crippen LogP contribution in [0.2, 0.25) is 0 Å². The lowest BCUT2D eigenvalue weighted by Crippen LogP contribution is -2.49. The molecule has 0 aliphatic heterocycles. The van der Waals surface area contributed by atoms with Crippen molar-refractivity contribution < 1.29 is 33.4 Å². The molecular weight excluding hydrogens is 440 g/mol. The van der Waals surface area contributed by atoms with Gasteiger partial charge in [-0.3, -0.25) is 24.0 Å². The number of methoxy groups -OCH3 is 1. The number of ether oxygens (including phenoxy) is 2. The minimum Gasteiger partial charge on any atom is -0.469 e. The van der Waals surface area contributed by atoms with E-state index >= 15 is 0 Å².